The van der Waals surface area contributed by atoms with Gasteiger partial charge in [-0.15, -0.1) is 24.0 Å². The van der Waals surface area contributed by atoms with Crippen molar-refractivity contribution in [3.05, 3.63) is 29.8 Å². The predicted octanol–water partition coefficient (Wildman–Crippen LogP) is 3.45. The molecule has 3 rings (SSSR count). The third kappa shape index (κ3) is 7.55. The Labute approximate surface area is 190 Å². The van der Waals surface area contributed by atoms with Crippen LogP contribution in [0.1, 0.15) is 32.6 Å². The minimum atomic E-state index is -0.796. The Morgan fingerprint density at radius 2 is 1.90 bits per heavy atom. The maximum absolute atomic E-state index is 13.5. The van der Waals surface area contributed by atoms with E-state index in [1.54, 1.807) is 6.07 Å². The lowest BCUT2D eigenvalue weighted by molar-refractivity contribution is 0.232. The normalized spacial score (nSPS) is 20.4. The van der Waals surface area contributed by atoms with E-state index in [0.29, 0.717) is 5.92 Å². The molecule has 1 aromatic carbocycles. The molecule has 1 unspecified atom stereocenters. The first-order valence-electron chi connectivity index (χ1n) is 10.6. The van der Waals surface area contributed by atoms with Crippen LogP contribution in [-0.2, 0) is 0 Å². The summed E-state index contributed by atoms with van der Waals surface area (Å²) >= 11 is 0. The number of halogens is 3. The zero-order chi connectivity index (χ0) is 19.8. The molecular weight excluding hydrogens is 487 g/mol. The van der Waals surface area contributed by atoms with Crippen LogP contribution in [0.3, 0.4) is 0 Å². The molecule has 0 aliphatic carbocycles. The number of hydrogen-bond acceptors (Lipinski definition) is 3. The van der Waals surface area contributed by atoms with Crippen LogP contribution in [0.5, 0.6) is 0 Å². The molecule has 8 heteroatoms. The first kappa shape index (κ1) is 24.1. The van der Waals surface area contributed by atoms with Crippen molar-refractivity contribution in [3.8, 4) is 0 Å². The van der Waals surface area contributed by atoms with Gasteiger partial charge in [0.25, 0.3) is 0 Å². The van der Waals surface area contributed by atoms with Gasteiger partial charge >= 0.3 is 0 Å². The Balaban J connectivity index is 0.00000300. The van der Waals surface area contributed by atoms with Crippen LogP contribution in [0.15, 0.2) is 23.2 Å². The van der Waals surface area contributed by atoms with Crippen molar-refractivity contribution < 1.29 is 8.78 Å². The van der Waals surface area contributed by atoms with Crippen molar-refractivity contribution in [3.63, 3.8) is 0 Å². The number of rotatable bonds is 7. The molecule has 0 aromatic heterocycles. The second-order valence-corrected chi connectivity index (χ2v) is 7.75. The van der Waals surface area contributed by atoms with E-state index in [4.69, 9.17) is 4.99 Å². The summed E-state index contributed by atoms with van der Waals surface area (Å²) in [5.74, 6) is -0.294. The van der Waals surface area contributed by atoms with Gasteiger partial charge in [-0.2, -0.15) is 0 Å². The first-order chi connectivity index (χ1) is 13.7. The molecule has 2 heterocycles. The SMILES string of the molecule is CCNC(=NCC1CCN(c2ccc(F)c(F)c2)C1)NCCN1CCCCC1.I. The second-order valence-electron chi connectivity index (χ2n) is 7.75. The first-order valence-corrected chi connectivity index (χ1v) is 10.6. The molecule has 164 valence electrons. The highest BCUT2D eigenvalue weighted by atomic mass is 127. The summed E-state index contributed by atoms with van der Waals surface area (Å²) in [6, 6.07) is 4.13. The Bertz CT molecular complexity index is 652. The fraction of sp³-hybridized carbons (Fsp3) is 0.667. The van der Waals surface area contributed by atoms with Gasteiger partial charge in [-0.3, -0.25) is 4.99 Å². The molecule has 1 aromatic rings. The number of aliphatic imine (C=N–C) groups is 1. The molecule has 0 spiro atoms. The smallest absolute Gasteiger partial charge is 0.191 e. The number of anilines is 1. The Morgan fingerprint density at radius 1 is 1.10 bits per heavy atom. The van der Waals surface area contributed by atoms with Gasteiger partial charge in [0.2, 0.25) is 0 Å². The minimum Gasteiger partial charge on any atom is -0.371 e. The molecule has 0 saturated carbocycles. The molecule has 5 nitrogen and oxygen atoms in total. The second kappa shape index (κ2) is 12.5. The number of benzene rings is 1. The Kier molecular flexibility index (Phi) is 10.4. The highest BCUT2D eigenvalue weighted by molar-refractivity contribution is 14.0. The topological polar surface area (TPSA) is 42.9 Å². The highest BCUT2D eigenvalue weighted by Gasteiger charge is 2.23. The molecular formula is C21H34F2IN5. The van der Waals surface area contributed by atoms with Gasteiger partial charge in [0.1, 0.15) is 0 Å². The van der Waals surface area contributed by atoms with Gasteiger partial charge in [-0.05, 0) is 57.3 Å². The zero-order valence-electron chi connectivity index (χ0n) is 17.3. The minimum absolute atomic E-state index is 0. The van der Waals surface area contributed by atoms with Gasteiger partial charge < -0.3 is 20.4 Å². The van der Waals surface area contributed by atoms with E-state index in [2.05, 4.69) is 27.4 Å². The maximum Gasteiger partial charge on any atom is 0.191 e. The molecule has 0 bridgehead atoms. The molecule has 0 radical (unpaired) electrons. The largest absolute Gasteiger partial charge is 0.371 e. The van der Waals surface area contributed by atoms with Crippen molar-refractivity contribution in [2.75, 3.05) is 57.3 Å². The monoisotopic (exact) mass is 521 g/mol. The van der Waals surface area contributed by atoms with E-state index in [9.17, 15) is 8.78 Å². The van der Waals surface area contributed by atoms with Gasteiger partial charge in [0, 0.05) is 51.0 Å². The van der Waals surface area contributed by atoms with E-state index in [0.717, 1.165) is 57.3 Å². The Morgan fingerprint density at radius 3 is 2.62 bits per heavy atom. The number of nitrogens with zero attached hydrogens (tertiary/aromatic N) is 3. The van der Waals surface area contributed by atoms with Crippen LogP contribution in [0.25, 0.3) is 0 Å². The summed E-state index contributed by atoms with van der Waals surface area (Å²) in [6.45, 7) is 9.68. The van der Waals surface area contributed by atoms with Crippen LogP contribution >= 0.6 is 24.0 Å². The van der Waals surface area contributed by atoms with Gasteiger partial charge in [0.15, 0.2) is 17.6 Å². The average Bonchev–Trinajstić information content (AvgIpc) is 3.18. The van der Waals surface area contributed by atoms with Crippen molar-refractivity contribution in [2.45, 2.75) is 32.6 Å². The number of hydrogen-bond donors (Lipinski definition) is 2. The summed E-state index contributed by atoms with van der Waals surface area (Å²) in [5, 5.41) is 6.76. The molecule has 2 aliphatic heterocycles. The van der Waals surface area contributed by atoms with Gasteiger partial charge in [-0.25, -0.2) is 8.78 Å². The summed E-state index contributed by atoms with van der Waals surface area (Å²) in [7, 11) is 0. The van der Waals surface area contributed by atoms with Crippen LogP contribution in [0.2, 0.25) is 0 Å². The molecule has 2 fully saturated rings. The molecule has 29 heavy (non-hydrogen) atoms. The van der Waals surface area contributed by atoms with Crippen LogP contribution in [-0.4, -0.2) is 63.2 Å². The summed E-state index contributed by atoms with van der Waals surface area (Å²) in [6.07, 6.45) is 4.99. The van der Waals surface area contributed by atoms with Crippen molar-refractivity contribution >= 4 is 35.6 Å². The lowest BCUT2D eigenvalue weighted by Crippen LogP contribution is -2.43. The van der Waals surface area contributed by atoms with Crippen molar-refractivity contribution in [1.29, 1.82) is 0 Å². The van der Waals surface area contributed by atoms with E-state index in [1.165, 1.54) is 44.5 Å². The highest BCUT2D eigenvalue weighted by Crippen LogP contribution is 2.25. The van der Waals surface area contributed by atoms with E-state index in [1.807, 2.05) is 0 Å². The third-order valence-corrected chi connectivity index (χ3v) is 5.58. The van der Waals surface area contributed by atoms with E-state index in [-0.39, 0.29) is 24.0 Å². The number of guanidine groups is 1. The number of piperidine rings is 1. The van der Waals surface area contributed by atoms with Crippen molar-refractivity contribution in [1.82, 2.24) is 15.5 Å². The van der Waals surface area contributed by atoms with Crippen LogP contribution < -0.4 is 15.5 Å². The molecule has 2 aliphatic rings. The molecule has 2 saturated heterocycles. The van der Waals surface area contributed by atoms with Gasteiger partial charge in [-0.1, -0.05) is 6.42 Å². The van der Waals surface area contributed by atoms with E-state index >= 15 is 0 Å². The fourth-order valence-electron chi connectivity index (χ4n) is 3.98. The quantitative estimate of drug-likeness (QED) is 0.328. The molecule has 0 amide bonds. The predicted molar refractivity (Wildman–Crippen MR) is 126 cm³/mol. The molecule has 2 N–H and O–H groups in total. The standard InChI is InChI=1S/C21H33F2N5.HI/c1-2-24-21(25-9-13-27-10-4-3-5-11-27)26-15-17-8-12-28(16-17)18-6-7-19(22)20(23)14-18;/h6-7,14,17H,2-5,8-13,15-16H2,1H3,(H2,24,25,26);1H. The third-order valence-electron chi connectivity index (χ3n) is 5.58. The maximum atomic E-state index is 13.5. The van der Waals surface area contributed by atoms with E-state index < -0.39 is 11.6 Å². The summed E-state index contributed by atoms with van der Waals surface area (Å²) < 4.78 is 26.6. The zero-order valence-corrected chi connectivity index (χ0v) is 19.6. The lowest BCUT2D eigenvalue weighted by Gasteiger charge is -2.26. The number of likely N-dealkylation sites (tertiary alicyclic amines) is 1. The average molecular weight is 521 g/mol. The van der Waals surface area contributed by atoms with Gasteiger partial charge in [0.05, 0.1) is 0 Å². The fourth-order valence-corrected chi connectivity index (χ4v) is 3.98. The summed E-state index contributed by atoms with van der Waals surface area (Å²) in [4.78, 5) is 9.37. The van der Waals surface area contributed by atoms with Crippen molar-refractivity contribution in [2.24, 2.45) is 10.9 Å². The van der Waals surface area contributed by atoms with Crippen LogP contribution in [0, 0.1) is 17.6 Å². The lowest BCUT2D eigenvalue weighted by atomic mass is 10.1. The Hall–Kier alpha value is -1.16. The van der Waals surface area contributed by atoms with Crippen LogP contribution in [0.4, 0.5) is 14.5 Å². The molecule has 1 atom stereocenters. The number of nitrogens with one attached hydrogen (secondary N) is 2. The summed E-state index contributed by atoms with van der Waals surface area (Å²) in [5.41, 5.74) is 0.747.